The fourth-order valence-corrected chi connectivity index (χ4v) is 2.81. The summed E-state index contributed by atoms with van der Waals surface area (Å²) in [6, 6.07) is 6.11. The highest BCUT2D eigenvalue weighted by Gasteiger charge is 2.19. The van der Waals surface area contributed by atoms with Crippen LogP contribution >= 0.6 is 0 Å². The predicted octanol–water partition coefficient (Wildman–Crippen LogP) is 1.73. The van der Waals surface area contributed by atoms with Gasteiger partial charge in [-0.25, -0.2) is 5.10 Å². The molecule has 1 N–H and O–H groups in total. The number of aromatic amines is 1. The second-order valence-corrected chi connectivity index (χ2v) is 5.15. The van der Waals surface area contributed by atoms with Gasteiger partial charge in [0.05, 0.1) is 11.6 Å². The first-order valence-corrected chi connectivity index (χ1v) is 6.40. The fourth-order valence-electron chi connectivity index (χ4n) is 2.81. The summed E-state index contributed by atoms with van der Waals surface area (Å²) in [5.74, 6) is 0.576. The third-order valence-corrected chi connectivity index (χ3v) is 3.79. The highest BCUT2D eigenvalue weighted by molar-refractivity contribution is 5.81. The lowest BCUT2D eigenvalue weighted by atomic mass is 9.90. The molecule has 0 aliphatic carbocycles. The van der Waals surface area contributed by atoms with Gasteiger partial charge in [0.1, 0.15) is 0 Å². The van der Waals surface area contributed by atoms with Crippen LogP contribution in [0.15, 0.2) is 29.2 Å². The van der Waals surface area contributed by atoms with Crippen LogP contribution in [0.25, 0.3) is 10.8 Å². The van der Waals surface area contributed by atoms with Crippen molar-refractivity contribution in [2.75, 3.05) is 20.1 Å². The molecule has 1 aliphatic rings. The lowest BCUT2D eigenvalue weighted by Crippen LogP contribution is -2.30. The van der Waals surface area contributed by atoms with Gasteiger partial charge in [-0.3, -0.25) is 4.79 Å². The second kappa shape index (κ2) is 4.53. The summed E-state index contributed by atoms with van der Waals surface area (Å²) < 4.78 is 0. The molecule has 2 aromatic rings. The third-order valence-electron chi connectivity index (χ3n) is 3.79. The van der Waals surface area contributed by atoms with Crippen molar-refractivity contribution >= 4 is 10.8 Å². The van der Waals surface area contributed by atoms with Crippen molar-refractivity contribution in [2.24, 2.45) is 0 Å². The fraction of sp³-hybridized carbons (Fsp3) is 0.429. The number of hydrogen-bond donors (Lipinski definition) is 1. The van der Waals surface area contributed by atoms with Crippen LogP contribution in [0, 0.1) is 0 Å². The van der Waals surface area contributed by atoms with Crippen molar-refractivity contribution < 1.29 is 0 Å². The van der Waals surface area contributed by atoms with E-state index >= 15 is 0 Å². The Morgan fingerprint density at radius 2 is 2.33 bits per heavy atom. The molecule has 0 spiro atoms. The van der Waals surface area contributed by atoms with Crippen LogP contribution in [0.2, 0.25) is 0 Å². The van der Waals surface area contributed by atoms with Crippen LogP contribution in [-0.2, 0) is 0 Å². The van der Waals surface area contributed by atoms with E-state index in [-0.39, 0.29) is 5.56 Å². The van der Waals surface area contributed by atoms with E-state index in [0.717, 1.165) is 17.3 Å². The Morgan fingerprint density at radius 3 is 3.17 bits per heavy atom. The number of hydrogen-bond acceptors (Lipinski definition) is 3. The van der Waals surface area contributed by atoms with Gasteiger partial charge in [0.2, 0.25) is 0 Å². The molecule has 0 saturated carbocycles. The number of nitrogens with one attached hydrogen (secondary N) is 1. The van der Waals surface area contributed by atoms with E-state index in [2.05, 4.69) is 34.3 Å². The lowest BCUT2D eigenvalue weighted by Gasteiger charge is -2.30. The number of benzene rings is 1. The van der Waals surface area contributed by atoms with E-state index in [1.165, 1.54) is 24.9 Å². The van der Waals surface area contributed by atoms with Gasteiger partial charge in [-0.2, -0.15) is 5.10 Å². The van der Waals surface area contributed by atoms with Crippen LogP contribution in [-0.4, -0.2) is 35.2 Å². The third kappa shape index (κ3) is 2.04. The first kappa shape index (κ1) is 11.4. The van der Waals surface area contributed by atoms with E-state index in [1.54, 1.807) is 6.20 Å². The van der Waals surface area contributed by atoms with Crippen LogP contribution in [0.3, 0.4) is 0 Å². The largest absolute Gasteiger partial charge is 0.306 e. The van der Waals surface area contributed by atoms with E-state index in [4.69, 9.17) is 0 Å². The van der Waals surface area contributed by atoms with Gasteiger partial charge < -0.3 is 4.90 Å². The topological polar surface area (TPSA) is 49.0 Å². The monoisotopic (exact) mass is 243 g/mol. The van der Waals surface area contributed by atoms with Gasteiger partial charge in [-0.15, -0.1) is 0 Å². The number of piperidine rings is 1. The molecule has 1 aliphatic heterocycles. The zero-order valence-corrected chi connectivity index (χ0v) is 10.5. The van der Waals surface area contributed by atoms with Crippen molar-refractivity contribution in [2.45, 2.75) is 18.8 Å². The maximum Gasteiger partial charge on any atom is 0.272 e. The summed E-state index contributed by atoms with van der Waals surface area (Å²) in [6.07, 6.45) is 4.20. The standard InChI is InChI=1S/C14H17N3O/c1-17-6-2-3-11(9-17)10-4-5-13-12(7-10)8-15-16-14(13)18/h4-5,7-8,11H,2-3,6,9H2,1H3,(H,16,18). The molecule has 94 valence electrons. The van der Waals surface area contributed by atoms with Crippen LogP contribution in [0.5, 0.6) is 0 Å². The first-order valence-electron chi connectivity index (χ1n) is 6.40. The maximum atomic E-state index is 11.6. The molecule has 0 radical (unpaired) electrons. The highest BCUT2D eigenvalue weighted by Crippen LogP contribution is 2.27. The molecule has 1 saturated heterocycles. The Balaban J connectivity index is 2.00. The number of likely N-dealkylation sites (tertiary alicyclic amines) is 1. The molecule has 1 atom stereocenters. The molecular formula is C14H17N3O. The Morgan fingerprint density at radius 1 is 1.44 bits per heavy atom. The predicted molar refractivity (Wildman–Crippen MR) is 71.8 cm³/mol. The molecule has 18 heavy (non-hydrogen) atoms. The number of aromatic nitrogens is 2. The molecule has 1 unspecified atom stereocenters. The highest BCUT2D eigenvalue weighted by atomic mass is 16.1. The van der Waals surface area contributed by atoms with Crippen molar-refractivity contribution in [1.82, 2.24) is 15.1 Å². The van der Waals surface area contributed by atoms with Gasteiger partial charge in [-0.05, 0) is 50.0 Å². The molecule has 3 rings (SSSR count). The van der Waals surface area contributed by atoms with Gasteiger partial charge in [0.15, 0.2) is 0 Å². The number of rotatable bonds is 1. The summed E-state index contributed by atoms with van der Waals surface area (Å²) in [5, 5.41) is 7.99. The SMILES string of the molecule is CN1CCCC(c2ccc3c(=O)[nH]ncc3c2)C1. The molecule has 4 heteroatoms. The average molecular weight is 243 g/mol. The van der Waals surface area contributed by atoms with Crippen LogP contribution < -0.4 is 5.56 Å². The molecule has 1 aromatic carbocycles. The summed E-state index contributed by atoms with van der Waals surface area (Å²) in [5.41, 5.74) is 1.21. The molecule has 1 aromatic heterocycles. The van der Waals surface area contributed by atoms with E-state index in [1.807, 2.05) is 6.07 Å². The zero-order chi connectivity index (χ0) is 12.5. The van der Waals surface area contributed by atoms with Crippen LogP contribution in [0.1, 0.15) is 24.3 Å². The summed E-state index contributed by atoms with van der Waals surface area (Å²) in [7, 11) is 2.17. The Kier molecular flexibility index (Phi) is 2.88. The van der Waals surface area contributed by atoms with Crippen molar-refractivity contribution in [1.29, 1.82) is 0 Å². The molecule has 2 heterocycles. The molecule has 1 fully saturated rings. The maximum absolute atomic E-state index is 11.6. The minimum absolute atomic E-state index is 0.111. The second-order valence-electron chi connectivity index (χ2n) is 5.15. The van der Waals surface area contributed by atoms with Gasteiger partial charge in [0.25, 0.3) is 5.56 Å². The minimum atomic E-state index is -0.111. The van der Waals surface area contributed by atoms with Crippen molar-refractivity contribution in [3.05, 3.63) is 40.3 Å². The van der Waals surface area contributed by atoms with E-state index in [9.17, 15) is 4.79 Å². The number of likely N-dealkylation sites (N-methyl/N-ethyl adjacent to an activating group) is 1. The van der Waals surface area contributed by atoms with Gasteiger partial charge >= 0.3 is 0 Å². The van der Waals surface area contributed by atoms with Gasteiger partial charge in [0, 0.05) is 11.9 Å². The first-order chi connectivity index (χ1) is 8.74. The smallest absolute Gasteiger partial charge is 0.272 e. The average Bonchev–Trinajstić information content (AvgIpc) is 2.39. The van der Waals surface area contributed by atoms with Gasteiger partial charge in [-0.1, -0.05) is 6.07 Å². The normalized spacial score (nSPS) is 21.3. The molecule has 0 amide bonds. The van der Waals surface area contributed by atoms with Crippen molar-refractivity contribution in [3.63, 3.8) is 0 Å². The summed E-state index contributed by atoms with van der Waals surface area (Å²) in [4.78, 5) is 14.0. The minimum Gasteiger partial charge on any atom is -0.306 e. The Hall–Kier alpha value is -1.68. The quantitative estimate of drug-likeness (QED) is 0.830. The lowest BCUT2D eigenvalue weighted by molar-refractivity contribution is 0.251. The zero-order valence-electron chi connectivity index (χ0n) is 10.5. The number of H-pyrrole nitrogens is 1. The van der Waals surface area contributed by atoms with E-state index < -0.39 is 0 Å². The molecule has 0 bridgehead atoms. The Bertz CT molecular complexity index is 620. The molecular weight excluding hydrogens is 226 g/mol. The number of fused-ring (bicyclic) bond motifs is 1. The number of nitrogens with zero attached hydrogens (tertiary/aromatic N) is 2. The van der Waals surface area contributed by atoms with Crippen molar-refractivity contribution in [3.8, 4) is 0 Å². The summed E-state index contributed by atoms with van der Waals surface area (Å²) >= 11 is 0. The Labute approximate surface area is 106 Å². The van der Waals surface area contributed by atoms with Crippen LogP contribution in [0.4, 0.5) is 0 Å². The van der Waals surface area contributed by atoms with E-state index in [0.29, 0.717) is 5.92 Å². The summed E-state index contributed by atoms with van der Waals surface area (Å²) in [6.45, 7) is 2.29. The molecule has 4 nitrogen and oxygen atoms in total.